The van der Waals surface area contributed by atoms with Crippen LogP contribution in [0, 0.1) is 6.92 Å². The van der Waals surface area contributed by atoms with Crippen LogP contribution >= 0.6 is 0 Å². The van der Waals surface area contributed by atoms with Gasteiger partial charge in [0.25, 0.3) is 0 Å². The van der Waals surface area contributed by atoms with Gasteiger partial charge in [0.2, 0.25) is 0 Å². The Kier molecular flexibility index (Phi) is 2.56. The van der Waals surface area contributed by atoms with Gasteiger partial charge in [0.05, 0.1) is 11.4 Å². The van der Waals surface area contributed by atoms with Crippen molar-refractivity contribution >= 4 is 21.8 Å². The van der Waals surface area contributed by atoms with Crippen LogP contribution < -0.4 is 0 Å². The summed E-state index contributed by atoms with van der Waals surface area (Å²) < 4.78 is 0. The van der Waals surface area contributed by atoms with Gasteiger partial charge < -0.3 is 10.2 Å². The van der Waals surface area contributed by atoms with E-state index in [0.717, 1.165) is 27.5 Å². The fourth-order valence-electron chi connectivity index (χ4n) is 2.77. The van der Waals surface area contributed by atoms with Crippen molar-refractivity contribution in [1.82, 2.24) is 15.2 Å². The van der Waals surface area contributed by atoms with E-state index in [-0.39, 0.29) is 11.5 Å². The maximum absolute atomic E-state index is 9.75. The van der Waals surface area contributed by atoms with Crippen LogP contribution in [-0.4, -0.2) is 25.4 Å². The first-order valence-corrected chi connectivity index (χ1v) is 6.90. The molecule has 4 aromatic rings. The quantitative estimate of drug-likeness (QED) is 0.501. The molecule has 0 atom stereocenters. The molecule has 0 fully saturated rings. The third-order valence-electron chi connectivity index (χ3n) is 3.75. The number of aromatic amines is 1. The number of nitrogens with one attached hydrogen (secondary N) is 1. The molecule has 108 valence electrons. The average molecular weight is 291 g/mol. The van der Waals surface area contributed by atoms with E-state index in [9.17, 15) is 10.2 Å². The van der Waals surface area contributed by atoms with E-state index in [2.05, 4.69) is 10.2 Å². The first-order chi connectivity index (χ1) is 10.6. The van der Waals surface area contributed by atoms with Gasteiger partial charge in [-0.05, 0) is 19.1 Å². The van der Waals surface area contributed by atoms with E-state index in [4.69, 9.17) is 4.98 Å². The lowest BCUT2D eigenvalue weighted by molar-refractivity contribution is 0.451. The van der Waals surface area contributed by atoms with Gasteiger partial charge in [-0.15, -0.1) is 0 Å². The first-order valence-electron chi connectivity index (χ1n) is 6.90. The zero-order valence-electron chi connectivity index (χ0n) is 11.8. The summed E-state index contributed by atoms with van der Waals surface area (Å²) in [7, 11) is 0. The van der Waals surface area contributed by atoms with Crippen LogP contribution in [0.25, 0.3) is 33.1 Å². The number of rotatable bonds is 1. The van der Waals surface area contributed by atoms with E-state index in [0.29, 0.717) is 11.3 Å². The molecular weight excluding hydrogens is 278 g/mol. The lowest BCUT2D eigenvalue weighted by Gasteiger charge is -2.08. The number of hydrogen-bond donors (Lipinski definition) is 3. The SMILES string of the molecule is Cc1[nH]nc2c1nc(-c1cc(O)cc(O)c1)c1ccccc12. The number of phenols is 2. The molecule has 0 bridgehead atoms. The Morgan fingerprint density at radius 3 is 2.32 bits per heavy atom. The molecule has 3 N–H and O–H groups in total. The second-order valence-electron chi connectivity index (χ2n) is 5.29. The molecule has 0 spiro atoms. The van der Waals surface area contributed by atoms with Crippen molar-refractivity contribution in [3.05, 3.63) is 48.2 Å². The number of pyridine rings is 1. The predicted octanol–water partition coefficient (Wildman–Crippen LogP) is 3.50. The van der Waals surface area contributed by atoms with Crippen LogP contribution in [0.15, 0.2) is 42.5 Å². The summed E-state index contributed by atoms with van der Waals surface area (Å²) in [5.74, 6) is 0.00906. The van der Waals surface area contributed by atoms with Crippen molar-refractivity contribution in [3.8, 4) is 22.8 Å². The van der Waals surface area contributed by atoms with Crippen LogP contribution in [0.4, 0.5) is 0 Å². The molecular formula is C17H13N3O2. The van der Waals surface area contributed by atoms with Gasteiger partial charge in [-0.1, -0.05) is 24.3 Å². The normalized spacial score (nSPS) is 11.3. The number of fused-ring (bicyclic) bond motifs is 3. The highest BCUT2D eigenvalue weighted by atomic mass is 16.3. The molecule has 0 saturated carbocycles. The molecule has 2 aromatic heterocycles. The van der Waals surface area contributed by atoms with Crippen LogP contribution in [0.5, 0.6) is 11.5 Å². The summed E-state index contributed by atoms with van der Waals surface area (Å²) in [6.45, 7) is 1.92. The Labute approximate surface area is 125 Å². The monoisotopic (exact) mass is 291 g/mol. The third kappa shape index (κ3) is 1.79. The summed E-state index contributed by atoms with van der Waals surface area (Å²) in [6.07, 6.45) is 0. The number of aromatic nitrogens is 3. The molecule has 0 aliphatic rings. The highest BCUT2D eigenvalue weighted by Crippen LogP contribution is 2.35. The van der Waals surface area contributed by atoms with E-state index < -0.39 is 0 Å². The Balaban J connectivity index is 2.17. The molecule has 0 aliphatic carbocycles. The largest absolute Gasteiger partial charge is 0.508 e. The van der Waals surface area contributed by atoms with Crippen molar-refractivity contribution in [2.45, 2.75) is 6.92 Å². The van der Waals surface area contributed by atoms with Gasteiger partial charge in [0.1, 0.15) is 22.5 Å². The minimum Gasteiger partial charge on any atom is -0.508 e. The lowest BCUT2D eigenvalue weighted by Crippen LogP contribution is -1.89. The zero-order chi connectivity index (χ0) is 15.3. The van der Waals surface area contributed by atoms with Gasteiger partial charge in [0.15, 0.2) is 0 Å². The minimum atomic E-state index is 0.00453. The average Bonchev–Trinajstić information content (AvgIpc) is 2.87. The van der Waals surface area contributed by atoms with Gasteiger partial charge in [-0.3, -0.25) is 5.10 Å². The molecule has 0 saturated heterocycles. The second-order valence-corrected chi connectivity index (χ2v) is 5.29. The summed E-state index contributed by atoms with van der Waals surface area (Å²) in [4.78, 5) is 4.70. The number of aromatic hydroxyl groups is 2. The number of benzene rings is 2. The molecule has 5 heteroatoms. The van der Waals surface area contributed by atoms with E-state index >= 15 is 0 Å². The van der Waals surface area contributed by atoms with Crippen LogP contribution in [0.1, 0.15) is 5.69 Å². The number of nitrogens with zero attached hydrogens (tertiary/aromatic N) is 2. The highest BCUT2D eigenvalue weighted by Gasteiger charge is 2.14. The molecule has 4 rings (SSSR count). The lowest BCUT2D eigenvalue weighted by atomic mass is 10.0. The van der Waals surface area contributed by atoms with Crippen molar-refractivity contribution in [2.24, 2.45) is 0 Å². The van der Waals surface area contributed by atoms with Crippen molar-refractivity contribution < 1.29 is 10.2 Å². The smallest absolute Gasteiger partial charge is 0.119 e. The summed E-state index contributed by atoms with van der Waals surface area (Å²) in [5.41, 5.74) is 3.86. The van der Waals surface area contributed by atoms with Crippen LogP contribution in [0.3, 0.4) is 0 Å². The minimum absolute atomic E-state index is 0.00453. The Morgan fingerprint density at radius 2 is 1.59 bits per heavy atom. The van der Waals surface area contributed by atoms with Crippen molar-refractivity contribution in [1.29, 1.82) is 0 Å². The third-order valence-corrected chi connectivity index (χ3v) is 3.75. The van der Waals surface area contributed by atoms with Gasteiger partial charge in [0, 0.05) is 22.4 Å². The van der Waals surface area contributed by atoms with Crippen LogP contribution in [-0.2, 0) is 0 Å². The maximum atomic E-state index is 9.75. The molecule has 0 amide bonds. The zero-order valence-corrected chi connectivity index (χ0v) is 11.8. The van der Waals surface area contributed by atoms with Gasteiger partial charge in [-0.2, -0.15) is 5.10 Å². The number of H-pyrrole nitrogens is 1. The summed E-state index contributed by atoms with van der Waals surface area (Å²) >= 11 is 0. The van der Waals surface area contributed by atoms with Gasteiger partial charge in [-0.25, -0.2) is 4.98 Å². The number of hydrogen-bond acceptors (Lipinski definition) is 4. The highest BCUT2D eigenvalue weighted by molar-refractivity contribution is 6.09. The fourth-order valence-corrected chi connectivity index (χ4v) is 2.77. The van der Waals surface area contributed by atoms with Gasteiger partial charge >= 0.3 is 0 Å². The molecule has 5 nitrogen and oxygen atoms in total. The molecule has 2 heterocycles. The van der Waals surface area contributed by atoms with E-state index in [1.165, 1.54) is 6.07 Å². The number of aryl methyl sites for hydroxylation is 1. The standard InChI is InChI=1S/C17H13N3O2/c1-9-15-17(20-19-9)14-5-3-2-4-13(14)16(18-15)10-6-11(21)8-12(22)7-10/h2-8,21-22H,1H3,(H,19,20). The topological polar surface area (TPSA) is 82.0 Å². The predicted molar refractivity (Wildman–Crippen MR) is 84.9 cm³/mol. The molecule has 0 aliphatic heterocycles. The Hall–Kier alpha value is -3.08. The molecule has 0 unspecified atom stereocenters. The fraction of sp³-hybridized carbons (Fsp3) is 0.0588. The molecule has 22 heavy (non-hydrogen) atoms. The Morgan fingerprint density at radius 1 is 0.909 bits per heavy atom. The van der Waals surface area contributed by atoms with Crippen molar-refractivity contribution in [3.63, 3.8) is 0 Å². The van der Waals surface area contributed by atoms with E-state index in [1.807, 2.05) is 31.2 Å². The second kappa shape index (κ2) is 4.46. The first kappa shape index (κ1) is 12.6. The number of phenolic OH excluding ortho intramolecular Hbond substituents is 2. The van der Waals surface area contributed by atoms with E-state index in [1.54, 1.807) is 12.1 Å². The maximum Gasteiger partial charge on any atom is 0.119 e. The summed E-state index contributed by atoms with van der Waals surface area (Å²) in [5, 5.41) is 28.7. The van der Waals surface area contributed by atoms with Crippen molar-refractivity contribution in [2.75, 3.05) is 0 Å². The summed E-state index contributed by atoms with van der Waals surface area (Å²) in [6, 6.07) is 12.3. The Bertz CT molecular complexity index is 1000. The van der Waals surface area contributed by atoms with Crippen LogP contribution in [0.2, 0.25) is 0 Å². The molecule has 0 radical (unpaired) electrons. The molecule has 2 aromatic carbocycles.